The number of halogens is 1. The largest absolute Gasteiger partial charge is 0.457 e. The standard InChI is InChI=1S/C36H38ClN3O5S/c1-46(43,44)40(31-19-21-33(22-20-31)45-32-17-6-3-7-18-32)26-35(41)39(25-28-13-10-14-29(37)23-28)34(24-27-11-4-2-5-12-27)36(42)38-30-15-8-9-16-30/h2-7,10-14,17-23,30,34H,8-9,15-16,24-26H2,1H3,(H,38,42). The van der Waals surface area contributed by atoms with Gasteiger partial charge in [-0.3, -0.25) is 13.9 Å². The number of anilines is 1. The van der Waals surface area contributed by atoms with E-state index in [9.17, 15) is 18.0 Å². The summed E-state index contributed by atoms with van der Waals surface area (Å²) in [6, 6.07) is 31.5. The Morgan fingerprint density at radius 2 is 1.46 bits per heavy atom. The van der Waals surface area contributed by atoms with Crippen LogP contribution in [0, 0.1) is 0 Å². The third kappa shape index (κ3) is 9.11. The summed E-state index contributed by atoms with van der Waals surface area (Å²) >= 11 is 6.30. The van der Waals surface area contributed by atoms with Gasteiger partial charge in [0.05, 0.1) is 11.9 Å². The Kier molecular flexibility index (Phi) is 11.0. The summed E-state index contributed by atoms with van der Waals surface area (Å²) < 4.78 is 33.2. The third-order valence-electron chi connectivity index (χ3n) is 8.00. The first kappa shape index (κ1) is 33.0. The molecule has 4 aromatic rings. The van der Waals surface area contributed by atoms with Gasteiger partial charge in [0.1, 0.15) is 24.1 Å². The van der Waals surface area contributed by atoms with Gasteiger partial charge < -0.3 is 15.0 Å². The number of sulfonamides is 1. The number of nitrogens with one attached hydrogen (secondary N) is 1. The second-order valence-corrected chi connectivity index (χ2v) is 13.9. The molecule has 0 bridgehead atoms. The molecule has 240 valence electrons. The number of benzene rings is 4. The fourth-order valence-electron chi connectivity index (χ4n) is 5.67. The molecule has 1 fully saturated rings. The number of amides is 2. The maximum Gasteiger partial charge on any atom is 0.244 e. The Morgan fingerprint density at radius 3 is 2.09 bits per heavy atom. The average molecular weight is 660 g/mol. The van der Waals surface area contributed by atoms with Gasteiger partial charge in [0.2, 0.25) is 21.8 Å². The number of rotatable bonds is 13. The first-order valence-electron chi connectivity index (χ1n) is 15.3. The van der Waals surface area contributed by atoms with Gasteiger partial charge in [0.25, 0.3) is 0 Å². The molecule has 0 radical (unpaired) electrons. The predicted octanol–water partition coefficient (Wildman–Crippen LogP) is 6.60. The third-order valence-corrected chi connectivity index (χ3v) is 9.37. The smallest absolute Gasteiger partial charge is 0.244 e. The molecule has 2 amide bonds. The SMILES string of the molecule is CS(=O)(=O)N(CC(=O)N(Cc1cccc(Cl)c1)C(Cc1ccccc1)C(=O)NC1CCCC1)c1ccc(Oc2ccccc2)cc1. The summed E-state index contributed by atoms with van der Waals surface area (Å²) in [4.78, 5) is 29.8. The molecule has 1 aliphatic carbocycles. The van der Waals surface area contributed by atoms with Gasteiger partial charge in [-0.25, -0.2) is 8.42 Å². The molecule has 10 heteroatoms. The van der Waals surface area contributed by atoms with Crippen molar-refractivity contribution in [1.82, 2.24) is 10.2 Å². The van der Waals surface area contributed by atoms with Crippen LogP contribution in [0.5, 0.6) is 11.5 Å². The minimum absolute atomic E-state index is 0.0398. The molecule has 1 saturated carbocycles. The molecular formula is C36H38ClN3O5S. The molecule has 4 aromatic carbocycles. The van der Waals surface area contributed by atoms with Gasteiger partial charge in [-0.15, -0.1) is 0 Å². The van der Waals surface area contributed by atoms with Gasteiger partial charge >= 0.3 is 0 Å². The van der Waals surface area contributed by atoms with E-state index < -0.39 is 28.5 Å². The normalized spacial score (nSPS) is 14.0. The van der Waals surface area contributed by atoms with E-state index in [2.05, 4.69) is 5.32 Å². The molecular weight excluding hydrogens is 622 g/mol. The van der Waals surface area contributed by atoms with Crippen LogP contribution in [0.15, 0.2) is 109 Å². The van der Waals surface area contributed by atoms with Crippen molar-refractivity contribution in [2.75, 3.05) is 17.1 Å². The van der Waals surface area contributed by atoms with Crippen molar-refractivity contribution in [3.05, 3.63) is 125 Å². The van der Waals surface area contributed by atoms with E-state index in [1.165, 1.54) is 4.90 Å². The molecule has 46 heavy (non-hydrogen) atoms. The Bertz CT molecular complexity index is 1710. The lowest BCUT2D eigenvalue weighted by Crippen LogP contribution is -2.54. The number of hydrogen-bond donors (Lipinski definition) is 1. The summed E-state index contributed by atoms with van der Waals surface area (Å²) in [7, 11) is -3.90. The Balaban J connectivity index is 1.46. The van der Waals surface area contributed by atoms with E-state index in [-0.39, 0.29) is 24.9 Å². The lowest BCUT2D eigenvalue weighted by Gasteiger charge is -2.34. The Hall–Kier alpha value is -4.34. The molecule has 1 N–H and O–H groups in total. The topological polar surface area (TPSA) is 96.0 Å². The molecule has 0 spiro atoms. The molecule has 0 heterocycles. The van der Waals surface area contributed by atoms with Gasteiger partial charge in [-0.05, 0) is 72.5 Å². The average Bonchev–Trinajstić information content (AvgIpc) is 3.55. The van der Waals surface area contributed by atoms with Crippen molar-refractivity contribution in [2.45, 2.75) is 50.7 Å². The van der Waals surface area contributed by atoms with Gasteiger partial charge in [0, 0.05) is 24.0 Å². The fourth-order valence-corrected chi connectivity index (χ4v) is 6.73. The minimum atomic E-state index is -3.90. The summed E-state index contributed by atoms with van der Waals surface area (Å²) in [6.07, 6.45) is 5.17. The van der Waals surface area contributed by atoms with Crippen molar-refractivity contribution in [3.8, 4) is 11.5 Å². The zero-order valence-electron chi connectivity index (χ0n) is 25.7. The Labute approximate surface area is 276 Å². The quantitative estimate of drug-likeness (QED) is 0.175. The first-order valence-corrected chi connectivity index (χ1v) is 17.6. The summed E-state index contributed by atoms with van der Waals surface area (Å²) in [6.45, 7) is -0.434. The molecule has 0 aliphatic heterocycles. The van der Waals surface area contributed by atoms with Gasteiger partial charge in [-0.1, -0.05) is 85.1 Å². The molecule has 1 aliphatic rings. The van der Waals surface area contributed by atoms with Crippen LogP contribution in [-0.4, -0.2) is 50.0 Å². The number of carbonyl (C=O) groups is 2. The highest BCUT2D eigenvalue weighted by molar-refractivity contribution is 7.92. The van der Waals surface area contributed by atoms with Crippen LogP contribution >= 0.6 is 11.6 Å². The van der Waals surface area contributed by atoms with Crippen molar-refractivity contribution in [1.29, 1.82) is 0 Å². The van der Waals surface area contributed by atoms with Crippen LogP contribution in [0.4, 0.5) is 5.69 Å². The van der Waals surface area contributed by atoms with Crippen LogP contribution in [-0.2, 0) is 32.6 Å². The van der Waals surface area contributed by atoms with E-state index in [0.717, 1.165) is 47.4 Å². The summed E-state index contributed by atoms with van der Waals surface area (Å²) in [5.74, 6) is 0.378. The van der Waals surface area contributed by atoms with Crippen molar-refractivity contribution in [3.63, 3.8) is 0 Å². The maximum absolute atomic E-state index is 14.3. The number of para-hydroxylation sites is 1. The molecule has 0 saturated heterocycles. The van der Waals surface area contributed by atoms with Crippen LogP contribution < -0.4 is 14.4 Å². The van der Waals surface area contributed by atoms with Crippen molar-refractivity contribution in [2.24, 2.45) is 0 Å². The van der Waals surface area contributed by atoms with Crippen LogP contribution in [0.1, 0.15) is 36.8 Å². The van der Waals surface area contributed by atoms with E-state index in [4.69, 9.17) is 16.3 Å². The second kappa shape index (κ2) is 15.3. The zero-order valence-corrected chi connectivity index (χ0v) is 27.3. The maximum atomic E-state index is 14.3. The summed E-state index contributed by atoms with van der Waals surface area (Å²) in [5.41, 5.74) is 1.90. The van der Waals surface area contributed by atoms with E-state index in [1.807, 2.05) is 66.7 Å². The highest BCUT2D eigenvalue weighted by Crippen LogP contribution is 2.27. The molecule has 5 rings (SSSR count). The van der Waals surface area contributed by atoms with Gasteiger partial charge in [-0.2, -0.15) is 0 Å². The first-order chi connectivity index (χ1) is 22.2. The van der Waals surface area contributed by atoms with Crippen LogP contribution in [0.25, 0.3) is 0 Å². The minimum Gasteiger partial charge on any atom is -0.457 e. The number of carbonyl (C=O) groups excluding carboxylic acids is 2. The van der Waals surface area contributed by atoms with Crippen LogP contribution in [0.3, 0.4) is 0 Å². The van der Waals surface area contributed by atoms with E-state index in [0.29, 0.717) is 22.2 Å². The number of nitrogens with zero attached hydrogens (tertiary/aromatic N) is 2. The molecule has 1 unspecified atom stereocenters. The lowest BCUT2D eigenvalue weighted by atomic mass is 10.0. The highest BCUT2D eigenvalue weighted by atomic mass is 35.5. The molecule has 8 nitrogen and oxygen atoms in total. The number of ether oxygens (including phenoxy) is 1. The van der Waals surface area contributed by atoms with Crippen molar-refractivity contribution < 1.29 is 22.7 Å². The van der Waals surface area contributed by atoms with E-state index >= 15 is 0 Å². The Morgan fingerprint density at radius 1 is 0.848 bits per heavy atom. The summed E-state index contributed by atoms with van der Waals surface area (Å²) in [5, 5.41) is 3.66. The highest BCUT2D eigenvalue weighted by Gasteiger charge is 2.34. The second-order valence-electron chi connectivity index (χ2n) is 11.5. The molecule has 0 aromatic heterocycles. The zero-order chi connectivity index (χ0) is 32.5. The van der Waals surface area contributed by atoms with Crippen molar-refractivity contribution >= 4 is 39.1 Å². The predicted molar refractivity (Wildman–Crippen MR) is 181 cm³/mol. The fraction of sp³-hybridized carbons (Fsp3) is 0.278. The van der Waals surface area contributed by atoms with Gasteiger partial charge in [0.15, 0.2) is 0 Å². The monoisotopic (exact) mass is 659 g/mol. The number of hydrogen-bond acceptors (Lipinski definition) is 5. The van der Waals surface area contributed by atoms with Crippen LogP contribution in [0.2, 0.25) is 5.02 Å². The van der Waals surface area contributed by atoms with E-state index in [1.54, 1.807) is 42.5 Å². The lowest BCUT2D eigenvalue weighted by molar-refractivity contribution is -0.140. The molecule has 1 atom stereocenters.